The molecule has 2 aromatic carbocycles. The van der Waals surface area contributed by atoms with Crippen molar-refractivity contribution in [1.82, 2.24) is 4.90 Å². The van der Waals surface area contributed by atoms with Gasteiger partial charge in [-0.25, -0.2) is 4.79 Å². The van der Waals surface area contributed by atoms with Crippen molar-refractivity contribution in [1.29, 1.82) is 0 Å². The van der Waals surface area contributed by atoms with Crippen LogP contribution in [-0.4, -0.2) is 87.8 Å². The molecule has 2 radical (unpaired) electrons. The molecule has 2 aromatic rings. The smallest absolute Gasteiger partial charge is 0.327 e. The van der Waals surface area contributed by atoms with E-state index >= 15 is 0 Å². The van der Waals surface area contributed by atoms with Crippen molar-refractivity contribution in [2.45, 2.75) is 35.3 Å². The van der Waals surface area contributed by atoms with Crippen LogP contribution in [-0.2, 0) is 9.59 Å². The molecule has 0 bridgehead atoms. The van der Waals surface area contributed by atoms with Crippen molar-refractivity contribution in [2.75, 3.05) is 6.54 Å². The number of carbonyl (C=O) groups excluding carboxylic acids is 2. The second-order valence-corrected chi connectivity index (χ2v) is 9.60. The molecule has 1 aliphatic heterocycles. The maximum absolute atomic E-state index is 12.8. The van der Waals surface area contributed by atoms with E-state index in [1.54, 1.807) is 38.1 Å². The fourth-order valence-corrected chi connectivity index (χ4v) is 5.97. The van der Waals surface area contributed by atoms with E-state index in [0.29, 0.717) is 12.1 Å². The fourth-order valence-electron chi connectivity index (χ4n) is 3.31. The van der Waals surface area contributed by atoms with Crippen LogP contribution in [0.1, 0.15) is 24.2 Å². The summed E-state index contributed by atoms with van der Waals surface area (Å²) in [4.78, 5) is 40.1. The topological polar surface area (TPSA) is 74.7 Å². The summed E-state index contributed by atoms with van der Waals surface area (Å²) in [6.45, 7) is 3.82. The Kier molecular flexibility index (Phi) is 9.75. The number of amides is 1. The van der Waals surface area contributed by atoms with Gasteiger partial charge < -0.3 is 10.0 Å². The van der Waals surface area contributed by atoms with E-state index in [-0.39, 0.29) is 59.9 Å². The molecule has 8 heteroatoms. The zero-order valence-corrected chi connectivity index (χ0v) is 20.8. The van der Waals surface area contributed by atoms with Gasteiger partial charge in [-0.05, 0) is 12.1 Å². The number of benzene rings is 2. The maximum atomic E-state index is 12.8. The van der Waals surface area contributed by atoms with Crippen LogP contribution in [0.2, 0.25) is 0 Å². The molecule has 1 unspecified atom stereocenters. The van der Waals surface area contributed by atoms with E-state index < -0.39 is 17.3 Å². The van der Waals surface area contributed by atoms with Crippen LogP contribution in [0.4, 0.5) is 0 Å². The van der Waals surface area contributed by atoms with E-state index in [0.717, 1.165) is 16.7 Å². The molecule has 1 aliphatic rings. The summed E-state index contributed by atoms with van der Waals surface area (Å²) >= 11 is 2.54. The third-order valence-corrected chi connectivity index (χ3v) is 7.47. The van der Waals surface area contributed by atoms with E-state index in [2.05, 4.69) is 0 Å². The molecule has 0 spiro atoms. The first-order chi connectivity index (χ1) is 13.9. The van der Waals surface area contributed by atoms with Crippen LogP contribution in [0, 0.1) is 5.92 Å². The molecule has 0 saturated carbocycles. The Labute approximate surface area is 215 Å². The monoisotopic (exact) mass is 469 g/mol. The number of hydrogen-bond donors (Lipinski definition) is 1. The van der Waals surface area contributed by atoms with Gasteiger partial charge in [0.25, 0.3) is 0 Å². The van der Waals surface area contributed by atoms with Crippen molar-refractivity contribution in [3.8, 4) is 0 Å². The molecule has 30 heavy (non-hydrogen) atoms. The quantitative estimate of drug-likeness (QED) is 0.651. The minimum Gasteiger partial charge on any atom is -0.480 e. The molecule has 3 rings (SSSR count). The van der Waals surface area contributed by atoms with Gasteiger partial charge in [-0.15, -0.1) is 11.8 Å². The van der Waals surface area contributed by atoms with E-state index in [1.807, 2.05) is 36.4 Å². The van der Waals surface area contributed by atoms with Crippen molar-refractivity contribution in [3.63, 3.8) is 0 Å². The molecule has 5 nitrogen and oxygen atoms in total. The largest absolute Gasteiger partial charge is 0.480 e. The van der Waals surface area contributed by atoms with Crippen LogP contribution >= 0.6 is 23.5 Å². The minimum atomic E-state index is -1.08. The number of thioether (sulfide) groups is 2. The van der Waals surface area contributed by atoms with Gasteiger partial charge in [0.2, 0.25) is 11.0 Å². The maximum Gasteiger partial charge on any atom is 0.327 e. The predicted molar refractivity (Wildman–Crippen MR) is 122 cm³/mol. The summed E-state index contributed by atoms with van der Waals surface area (Å²) in [6, 6.07) is 17.4. The Bertz CT molecular complexity index is 879. The van der Waals surface area contributed by atoms with Gasteiger partial charge in [0, 0.05) is 65.9 Å². The number of carbonyl (C=O) groups is 3. The average Bonchev–Trinajstić information content (AvgIpc) is 3.06. The number of hydrogen-bond acceptors (Lipinski definition) is 5. The van der Waals surface area contributed by atoms with Crippen molar-refractivity contribution >= 4 is 78.3 Å². The second-order valence-electron chi connectivity index (χ2n) is 7.13. The first-order valence-corrected chi connectivity index (χ1v) is 11.2. The van der Waals surface area contributed by atoms with E-state index in [9.17, 15) is 19.5 Å². The summed E-state index contributed by atoms with van der Waals surface area (Å²) < 4.78 is 0. The van der Waals surface area contributed by atoms with Crippen LogP contribution in [0.25, 0.3) is 0 Å². The summed E-state index contributed by atoms with van der Waals surface area (Å²) in [7, 11) is 0. The number of likely N-dealkylation sites (tertiary alicyclic amines) is 1. The Hall–Kier alpha value is -0.990. The summed E-state index contributed by atoms with van der Waals surface area (Å²) in [5.41, 5.74) is 0.527. The Morgan fingerprint density at radius 3 is 2.10 bits per heavy atom. The normalized spacial score (nSPS) is 20.6. The number of nitrogens with zero attached hydrogens (tertiary/aromatic N) is 1. The zero-order chi connectivity index (χ0) is 21.0. The van der Waals surface area contributed by atoms with Gasteiger partial charge >= 0.3 is 5.97 Å². The molecule has 3 atom stereocenters. The summed E-state index contributed by atoms with van der Waals surface area (Å²) in [5.74, 6) is -1.59. The van der Waals surface area contributed by atoms with Crippen molar-refractivity contribution in [3.05, 3.63) is 66.2 Å². The van der Waals surface area contributed by atoms with E-state index in [4.69, 9.17) is 0 Å². The Morgan fingerprint density at radius 1 is 1.00 bits per heavy atom. The van der Waals surface area contributed by atoms with Gasteiger partial charge in [-0.3, -0.25) is 9.59 Å². The van der Waals surface area contributed by atoms with Crippen molar-refractivity contribution < 1.29 is 19.5 Å². The molecule has 154 valence electrons. The Balaban J connectivity index is 0.00000320. The van der Waals surface area contributed by atoms with E-state index in [1.165, 1.54) is 16.7 Å². The Morgan fingerprint density at radius 2 is 1.57 bits per heavy atom. The molecule has 1 fully saturated rings. The second kappa shape index (κ2) is 11.6. The number of carboxylic acid groups (broad SMARTS) is 1. The molecule has 1 heterocycles. The molecule has 1 N–H and O–H groups in total. The van der Waals surface area contributed by atoms with Gasteiger partial charge in [-0.2, -0.15) is 0 Å². The zero-order valence-electron chi connectivity index (χ0n) is 16.9. The average molecular weight is 470 g/mol. The van der Waals surface area contributed by atoms with Gasteiger partial charge in [0.1, 0.15) is 6.04 Å². The first kappa shape index (κ1) is 25.3. The molecule has 0 aromatic heterocycles. The van der Waals surface area contributed by atoms with Crippen LogP contribution < -0.4 is 0 Å². The summed E-state index contributed by atoms with van der Waals surface area (Å²) in [5, 5.41) is 8.99. The van der Waals surface area contributed by atoms with Gasteiger partial charge in [0.05, 0.1) is 5.25 Å². The minimum absolute atomic E-state index is 0. The fraction of sp³-hybridized carbons (Fsp3) is 0.318. The van der Waals surface area contributed by atoms with Crippen LogP contribution in [0.15, 0.2) is 65.6 Å². The first-order valence-electron chi connectivity index (χ1n) is 9.39. The number of aliphatic carboxylic acids is 1. The van der Waals surface area contributed by atoms with Crippen molar-refractivity contribution in [2.24, 2.45) is 5.92 Å². The number of carboxylic acids is 1. The molecular formula is C22H23CaNO4S2. The molecule has 0 aliphatic carbocycles. The SMILES string of the molecule is CC(C)C(=O)N1C[C@H](Sc2ccccc2)C(SC(=O)c2ccccc2)[C@@H]1C(=O)O.[Ca]. The van der Waals surface area contributed by atoms with Gasteiger partial charge in [-0.1, -0.05) is 74.1 Å². The van der Waals surface area contributed by atoms with Crippen LogP contribution in [0.5, 0.6) is 0 Å². The molecular weight excluding hydrogens is 446 g/mol. The molecule has 1 amide bonds. The third-order valence-electron chi connectivity index (χ3n) is 4.70. The predicted octanol–water partition coefficient (Wildman–Crippen LogP) is 3.66. The number of rotatable bonds is 6. The van der Waals surface area contributed by atoms with Crippen LogP contribution in [0.3, 0.4) is 0 Å². The third kappa shape index (κ3) is 6.04. The summed E-state index contributed by atoms with van der Waals surface area (Å²) in [6.07, 6.45) is 0. The van der Waals surface area contributed by atoms with Gasteiger partial charge in [0.15, 0.2) is 0 Å². The molecule has 1 saturated heterocycles. The standard InChI is InChI=1S/C22H23NO4S2.Ca/c1-14(2)20(24)23-13-17(28-16-11-7-4-8-12-16)19(18(23)21(25)26)29-22(27)15-9-5-3-6-10-15;/h3-12,14,17-19H,13H2,1-2H3,(H,25,26);/t17-,18+,19?;/m0./s1.